The van der Waals surface area contributed by atoms with E-state index in [1.54, 1.807) is 0 Å². The second kappa shape index (κ2) is 6.83. The normalized spacial score (nSPS) is 28.2. The Morgan fingerprint density at radius 1 is 1.22 bits per heavy atom. The molecule has 23 heavy (non-hydrogen) atoms. The Bertz CT molecular complexity index is 495. The van der Waals surface area contributed by atoms with Gasteiger partial charge in [0.2, 0.25) is 5.92 Å². The van der Waals surface area contributed by atoms with Gasteiger partial charge < -0.3 is 15.2 Å². The molecule has 1 aliphatic carbocycles. The van der Waals surface area contributed by atoms with Crippen LogP contribution in [0.3, 0.4) is 0 Å². The quantitative estimate of drug-likeness (QED) is 0.894. The Balaban J connectivity index is 1.78. The maximum atomic E-state index is 13.4. The highest BCUT2D eigenvalue weighted by molar-refractivity contribution is 5.24. The number of hydrogen-bond acceptors (Lipinski definition) is 3. The van der Waals surface area contributed by atoms with Crippen molar-refractivity contribution in [3.05, 3.63) is 35.9 Å². The molecule has 0 bridgehead atoms. The molecule has 0 amide bonds. The molecule has 1 saturated carbocycles. The lowest BCUT2D eigenvalue weighted by molar-refractivity contribution is -0.141. The van der Waals surface area contributed by atoms with Gasteiger partial charge in [-0.25, -0.2) is 8.78 Å². The van der Waals surface area contributed by atoms with Gasteiger partial charge in [-0.05, 0) is 30.7 Å². The van der Waals surface area contributed by atoms with Gasteiger partial charge in [-0.15, -0.1) is 0 Å². The van der Waals surface area contributed by atoms with Crippen LogP contribution < -0.4 is 5.32 Å². The van der Waals surface area contributed by atoms with E-state index in [0.717, 1.165) is 12.1 Å². The molecular weight excluding hydrogens is 300 g/mol. The molecule has 0 aromatic heterocycles. The summed E-state index contributed by atoms with van der Waals surface area (Å²) in [6, 6.07) is 9.49. The van der Waals surface area contributed by atoms with Crippen LogP contribution in [0.25, 0.3) is 0 Å². The Labute approximate surface area is 136 Å². The monoisotopic (exact) mass is 325 g/mol. The summed E-state index contributed by atoms with van der Waals surface area (Å²) in [4.78, 5) is 0. The smallest absolute Gasteiger partial charge is 0.248 e. The highest BCUT2D eigenvalue weighted by Crippen LogP contribution is 2.43. The summed E-state index contributed by atoms with van der Waals surface area (Å²) in [7, 11) is 0. The summed E-state index contributed by atoms with van der Waals surface area (Å²) < 4.78 is 32.6. The third-order valence-corrected chi connectivity index (χ3v) is 5.17. The molecule has 2 N–H and O–H groups in total. The van der Waals surface area contributed by atoms with Crippen LogP contribution in [0.5, 0.6) is 0 Å². The maximum Gasteiger partial charge on any atom is 0.248 e. The lowest BCUT2D eigenvalue weighted by atomic mass is 9.74. The van der Waals surface area contributed by atoms with E-state index >= 15 is 0 Å². The van der Waals surface area contributed by atoms with E-state index in [-0.39, 0.29) is 24.9 Å². The first-order valence-corrected chi connectivity index (χ1v) is 8.48. The number of aliphatic hydroxyl groups is 1. The molecule has 1 saturated heterocycles. The molecule has 0 radical (unpaired) electrons. The Hall–Kier alpha value is -1.04. The van der Waals surface area contributed by atoms with Crippen molar-refractivity contribution in [2.24, 2.45) is 5.92 Å². The van der Waals surface area contributed by atoms with E-state index in [2.05, 4.69) is 5.32 Å². The van der Waals surface area contributed by atoms with Gasteiger partial charge in [0.15, 0.2) is 0 Å². The lowest BCUT2D eigenvalue weighted by Gasteiger charge is -2.42. The fraction of sp³-hybridized carbons (Fsp3) is 0.667. The topological polar surface area (TPSA) is 41.5 Å². The van der Waals surface area contributed by atoms with Crippen molar-refractivity contribution in [3.8, 4) is 0 Å². The number of alkyl halides is 2. The minimum atomic E-state index is -2.54. The van der Waals surface area contributed by atoms with Crippen LogP contribution in [0.1, 0.15) is 37.7 Å². The van der Waals surface area contributed by atoms with Gasteiger partial charge in [-0.2, -0.15) is 0 Å². The minimum absolute atomic E-state index is 0.0771. The zero-order valence-electron chi connectivity index (χ0n) is 13.3. The number of ether oxygens (including phenoxy) is 1. The fourth-order valence-corrected chi connectivity index (χ4v) is 3.78. The van der Waals surface area contributed by atoms with Gasteiger partial charge in [-0.1, -0.05) is 30.3 Å². The number of halogens is 2. The van der Waals surface area contributed by atoms with Gasteiger partial charge >= 0.3 is 0 Å². The molecule has 0 spiro atoms. The van der Waals surface area contributed by atoms with Gasteiger partial charge in [0.1, 0.15) is 11.7 Å². The molecule has 2 atom stereocenters. The van der Waals surface area contributed by atoms with Gasteiger partial charge in [0.25, 0.3) is 0 Å². The fourth-order valence-electron chi connectivity index (χ4n) is 3.78. The Morgan fingerprint density at radius 2 is 1.91 bits per heavy atom. The molecule has 2 aliphatic rings. The van der Waals surface area contributed by atoms with Crippen LogP contribution in [0.4, 0.5) is 8.78 Å². The van der Waals surface area contributed by atoms with Crippen molar-refractivity contribution >= 4 is 0 Å². The molecule has 1 aromatic carbocycles. The van der Waals surface area contributed by atoms with E-state index in [1.807, 2.05) is 30.3 Å². The third kappa shape index (κ3) is 3.90. The average Bonchev–Trinajstić information content (AvgIpc) is 2.58. The van der Waals surface area contributed by atoms with Crippen LogP contribution in [0, 0.1) is 5.92 Å². The molecular formula is C18H25F2NO2. The first-order valence-electron chi connectivity index (χ1n) is 8.48. The second-order valence-corrected chi connectivity index (χ2v) is 6.86. The number of nitrogens with one attached hydrogen (secondary N) is 1. The second-order valence-electron chi connectivity index (χ2n) is 6.86. The van der Waals surface area contributed by atoms with E-state index < -0.39 is 11.5 Å². The summed E-state index contributed by atoms with van der Waals surface area (Å²) in [5.74, 6) is -2.44. The minimum Gasteiger partial charge on any atom is -0.382 e. The molecule has 2 fully saturated rings. The number of benzene rings is 1. The van der Waals surface area contributed by atoms with Crippen molar-refractivity contribution in [3.63, 3.8) is 0 Å². The average molecular weight is 325 g/mol. The lowest BCUT2D eigenvalue weighted by Crippen LogP contribution is -2.52. The van der Waals surface area contributed by atoms with Crippen molar-refractivity contribution in [2.75, 3.05) is 19.7 Å². The molecule has 1 heterocycles. The van der Waals surface area contributed by atoms with Gasteiger partial charge in [0.05, 0.1) is 6.61 Å². The van der Waals surface area contributed by atoms with Crippen LogP contribution in [0.15, 0.2) is 30.3 Å². The summed E-state index contributed by atoms with van der Waals surface area (Å²) >= 11 is 0. The first kappa shape index (κ1) is 16.8. The summed E-state index contributed by atoms with van der Waals surface area (Å²) in [6.07, 6.45) is 0.893. The van der Waals surface area contributed by atoms with E-state index in [0.29, 0.717) is 32.4 Å². The van der Waals surface area contributed by atoms with Gasteiger partial charge in [-0.3, -0.25) is 0 Å². The van der Waals surface area contributed by atoms with Crippen LogP contribution in [0.2, 0.25) is 0 Å². The summed E-state index contributed by atoms with van der Waals surface area (Å²) in [6.45, 7) is 1.91. The first-order chi connectivity index (χ1) is 11.0. The van der Waals surface area contributed by atoms with Crippen molar-refractivity contribution in [1.29, 1.82) is 0 Å². The van der Waals surface area contributed by atoms with Gasteiger partial charge in [0, 0.05) is 25.9 Å². The number of rotatable bonds is 4. The largest absolute Gasteiger partial charge is 0.382 e. The molecule has 5 heteroatoms. The van der Waals surface area contributed by atoms with Crippen molar-refractivity contribution < 1.29 is 18.6 Å². The number of morpholine rings is 1. The van der Waals surface area contributed by atoms with E-state index in [1.165, 1.54) is 0 Å². The zero-order chi connectivity index (χ0) is 16.3. The summed E-state index contributed by atoms with van der Waals surface area (Å²) in [5.41, 5.74) is -0.322. The SMILES string of the molecule is O[C@](CC1CCC(F)(F)CC1)(c1ccccc1)[C@@H]1CNCCO1. The Morgan fingerprint density at radius 3 is 2.52 bits per heavy atom. The molecule has 3 nitrogen and oxygen atoms in total. The summed E-state index contributed by atoms with van der Waals surface area (Å²) in [5, 5.41) is 14.7. The predicted octanol–water partition coefficient (Wildman–Crippen LogP) is 3.08. The van der Waals surface area contributed by atoms with Crippen LogP contribution in [-0.4, -0.2) is 36.8 Å². The molecule has 0 unspecified atom stereocenters. The standard InChI is InChI=1S/C18H25F2NO2/c19-17(20)8-6-14(7-9-17)12-18(22,15-4-2-1-3-5-15)16-13-21-10-11-23-16/h1-5,14,16,21-22H,6-13H2/t16-,18+/m0/s1. The highest BCUT2D eigenvalue weighted by Gasteiger charge is 2.44. The maximum absolute atomic E-state index is 13.4. The molecule has 1 aromatic rings. The van der Waals surface area contributed by atoms with E-state index in [4.69, 9.17) is 4.74 Å². The highest BCUT2D eigenvalue weighted by atomic mass is 19.3. The molecule has 128 valence electrons. The third-order valence-electron chi connectivity index (χ3n) is 5.17. The van der Waals surface area contributed by atoms with Crippen LogP contribution in [-0.2, 0) is 10.3 Å². The van der Waals surface area contributed by atoms with Crippen LogP contribution >= 0.6 is 0 Å². The molecule has 3 rings (SSSR count). The van der Waals surface area contributed by atoms with E-state index in [9.17, 15) is 13.9 Å². The predicted molar refractivity (Wildman–Crippen MR) is 84.5 cm³/mol. The Kier molecular flexibility index (Phi) is 4.99. The van der Waals surface area contributed by atoms with Crippen molar-refractivity contribution in [1.82, 2.24) is 5.32 Å². The molecule has 1 aliphatic heterocycles. The van der Waals surface area contributed by atoms with Crippen molar-refractivity contribution in [2.45, 2.75) is 49.7 Å². The zero-order valence-corrected chi connectivity index (χ0v) is 13.3. The number of hydrogen-bond donors (Lipinski definition) is 2.